The summed E-state index contributed by atoms with van der Waals surface area (Å²) in [5.41, 5.74) is 0.870. The summed E-state index contributed by atoms with van der Waals surface area (Å²) in [5, 5.41) is 16.5. The maximum Gasteiger partial charge on any atom is 0.0895 e. The Hall–Kier alpha value is -0.650. The molecule has 0 radical (unpaired) electrons. The van der Waals surface area contributed by atoms with E-state index in [9.17, 15) is 5.11 Å². The number of rotatable bonds is 7. The topological polar surface area (TPSA) is 41.5 Å². The van der Waals surface area contributed by atoms with Crippen molar-refractivity contribution in [3.8, 4) is 0 Å². The second-order valence-electron chi connectivity index (χ2n) is 5.59. The highest BCUT2D eigenvalue weighted by Crippen LogP contribution is 2.22. The molecule has 1 fully saturated rings. The quantitative estimate of drug-likeness (QED) is 0.768. The predicted molar refractivity (Wildman–Crippen MR) is 90.6 cm³/mol. The van der Waals surface area contributed by atoms with Crippen molar-refractivity contribution < 1.29 is 9.84 Å². The molecule has 3 nitrogen and oxygen atoms in total. The molecule has 2 N–H and O–H groups in total. The third kappa shape index (κ3) is 4.41. The van der Waals surface area contributed by atoms with Gasteiger partial charge in [-0.25, -0.2) is 0 Å². The summed E-state index contributed by atoms with van der Waals surface area (Å²) in [7, 11) is 0. The van der Waals surface area contributed by atoms with Gasteiger partial charge in [0.15, 0.2) is 0 Å². The van der Waals surface area contributed by atoms with E-state index in [1.807, 2.05) is 0 Å². The number of hydrogen-bond donors (Lipinski definition) is 2. The Bertz CT molecular complexity index is 568. The highest BCUT2D eigenvalue weighted by Gasteiger charge is 2.33. The number of β-amino-alcohol motifs (C(OH)–C–C–N with tert-alkyl or cyclic N) is 1. The first-order valence-corrected chi connectivity index (χ1v) is 8.10. The molecule has 21 heavy (non-hydrogen) atoms. The van der Waals surface area contributed by atoms with Crippen LogP contribution in [0.15, 0.2) is 29.6 Å². The Morgan fingerprint density at radius 3 is 2.86 bits per heavy atom. The Morgan fingerprint density at radius 1 is 1.24 bits per heavy atom. The second kappa shape index (κ2) is 7.56. The zero-order valence-electron chi connectivity index (χ0n) is 12.0. The monoisotopic (exact) mass is 327 g/mol. The van der Waals surface area contributed by atoms with Crippen molar-refractivity contribution in [1.29, 1.82) is 0 Å². The molecule has 5 heteroatoms. The normalized spacial score (nSPS) is 16.4. The van der Waals surface area contributed by atoms with Crippen LogP contribution in [0.2, 0.25) is 0 Å². The van der Waals surface area contributed by atoms with Crippen LogP contribution in [0.4, 0.5) is 0 Å². The average molecular weight is 328 g/mol. The highest BCUT2D eigenvalue weighted by atomic mass is 35.5. The lowest BCUT2D eigenvalue weighted by Crippen LogP contribution is -2.59. The van der Waals surface area contributed by atoms with Crippen molar-refractivity contribution in [2.24, 2.45) is 0 Å². The van der Waals surface area contributed by atoms with Crippen molar-refractivity contribution in [2.45, 2.75) is 24.9 Å². The van der Waals surface area contributed by atoms with E-state index in [2.05, 4.69) is 35.0 Å². The fourth-order valence-corrected chi connectivity index (χ4v) is 3.39. The molecule has 3 rings (SSSR count). The van der Waals surface area contributed by atoms with Crippen LogP contribution in [0.1, 0.15) is 18.4 Å². The van der Waals surface area contributed by atoms with Gasteiger partial charge in [0.25, 0.3) is 0 Å². The van der Waals surface area contributed by atoms with Crippen LogP contribution >= 0.6 is 23.7 Å². The van der Waals surface area contributed by atoms with Crippen molar-refractivity contribution in [3.63, 3.8) is 0 Å². The Morgan fingerprint density at radius 2 is 2.10 bits per heavy atom. The zero-order chi connectivity index (χ0) is 13.8. The third-order valence-corrected chi connectivity index (χ3v) is 4.77. The van der Waals surface area contributed by atoms with Crippen molar-refractivity contribution in [3.05, 3.63) is 35.2 Å². The molecule has 0 amide bonds. The molecule has 1 aromatic carbocycles. The highest BCUT2D eigenvalue weighted by molar-refractivity contribution is 7.17. The number of halogens is 1. The van der Waals surface area contributed by atoms with Gasteiger partial charge in [0.2, 0.25) is 0 Å². The van der Waals surface area contributed by atoms with Crippen molar-refractivity contribution >= 4 is 33.8 Å². The standard InChI is InChI=1S/C16H21NO2S.ClH/c18-16(11-17-12-16)6-1-7-19-8-4-13-2-3-14-5-9-20-15(14)10-13;/h2-3,5,9-10,17-18H,1,4,6-8,11-12H2;1H. The largest absolute Gasteiger partial charge is 0.387 e. The molecule has 1 aliphatic rings. The van der Waals surface area contributed by atoms with E-state index in [4.69, 9.17) is 4.74 Å². The Kier molecular flexibility index (Phi) is 6.02. The van der Waals surface area contributed by atoms with Crippen LogP contribution in [0, 0.1) is 0 Å². The fraction of sp³-hybridized carbons (Fsp3) is 0.500. The summed E-state index contributed by atoms with van der Waals surface area (Å²) >= 11 is 1.79. The molecular formula is C16H22ClNO2S. The average Bonchev–Trinajstić information content (AvgIpc) is 2.88. The lowest BCUT2D eigenvalue weighted by atomic mass is 9.92. The summed E-state index contributed by atoms with van der Waals surface area (Å²) in [6.45, 7) is 2.96. The van der Waals surface area contributed by atoms with Gasteiger partial charge >= 0.3 is 0 Å². The van der Waals surface area contributed by atoms with E-state index < -0.39 is 5.60 Å². The van der Waals surface area contributed by atoms with E-state index in [1.54, 1.807) is 11.3 Å². The number of fused-ring (bicyclic) bond motifs is 1. The van der Waals surface area contributed by atoms with Gasteiger partial charge in [-0.05, 0) is 47.7 Å². The molecule has 1 aliphatic heterocycles. The van der Waals surface area contributed by atoms with E-state index in [-0.39, 0.29) is 12.4 Å². The molecule has 1 aromatic heterocycles. The first-order chi connectivity index (χ1) is 9.75. The van der Waals surface area contributed by atoms with Gasteiger partial charge in [0, 0.05) is 24.4 Å². The van der Waals surface area contributed by atoms with Gasteiger partial charge in [0.05, 0.1) is 12.2 Å². The van der Waals surface area contributed by atoms with Crippen LogP contribution in [0.25, 0.3) is 10.1 Å². The zero-order valence-corrected chi connectivity index (χ0v) is 13.6. The lowest BCUT2D eigenvalue weighted by Gasteiger charge is -2.37. The Balaban J connectivity index is 0.00000161. The molecule has 0 bridgehead atoms. The summed E-state index contributed by atoms with van der Waals surface area (Å²) in [4.78, 5) is 0. The molecular weight excluding hydrogens is 306 g/mol. The van der Waals surface area contributed by atoms with Crippen molar-refractivity contribution in [1.82, 2.24) is 5.32 Å². The summed E-state index contributed by atoms with van der Waals surface area (Å²) in [6, 6.07) is 8.77. The van der Waals surface area contributed by atoms with Gasteiger partial charge in [-0.15, -0.1) is 23.7 Å². The summed E-state index contributed by atoms with van der Waals surface area (Å²) in [5.74, 6) is 0. The number of ether oxygens (including phenoxy) is 1. The van der Waals surface area contributed by atoms with E-state index in [0.717, 1.165) is 45.6 Å². The van der Waals surface area contributed by atoms with Crippen LogP contribution < -0.4 is 5.32 Å². The fourth-order valence-electron chi connectivity index (χ4n) is 2.54. The van der Waals surface area contributed by atoms with Crippen LogP contribution in [-0.2, 0) is 11.2 Å². The maximum absolute atomic E-state index is 9.91. The number of aliphatic hydroxyl groups is 1. The second-order valence-corrected chi connectivity index (χ2v) is 6.53. The van der Waals surface area contributed by atoms with Gasteiger partial charge < -0.3 is 15.2 Å². The third-order valence-electron chi connectivity index (χ3n) is 3.89. The predicted octanol–water partition coefficient (Wildman–Crippen LogP) is 3.00. The number of nitrogens with one attached hydrogen (secondary N) is 1. The lowest BCUT2D eigenvalue weighted by molar-refractivity contribution is -0.0246. The van der Waals surface area contributed by atoms with Crippen molar-refractivity contribution in [2.75, 3.05) is 26.3 Å². The van der Waals surface area contributed by atoms with E-state index in [1.165, 1.54) is 15.6 Å². The van der Waals surface area contributed by atoms with Crippen LogP contribution in [-0.4, -0.2) is 37.0 Å². The van der Waals surface area contributed by atoms with Crippen LogP contribution in [0.5, 0.6) is 0 Å². The number of thiophene rings is 1. The van der Waals surface area contributed by atoms with Gasteiger partial charge in [-0.3, -0.25) is 0 Å². The van der Waals surface area contributed by atoms with Gasteiger partial charge in [-0.1, -0.05) is 12.1 Å². The van der Waals surface area contributed by atoms with Crippen LogP contribution in [0.3, 0.4) is 0 Å². The minimum Gasteiger partial charge on any atom is -0.387 e. The molecule has 2 aromatic rings. The smallest absolute Gasteiger partial charge is 0.0895 e. The minimum absolute atomic E-state index is 0. The molecule has 0 atom stereocenters. The SMILES string of the molecule is Cl.OC1(CCCOCCc2ccc3ccsc3c2)CNC1. The van der Waals surface area contributed by atoms with E-state index in [0.29, 0.717) is 0 Å². The molecule has 2 heterocycles. The number of benzene rings is 1. The maximum atomic E-state index is 9.91. The number of hydrogen-bond acceptors (Lipinski definition) is 4. The molecule has 1 saturated heterocycles. The first-order valence-electron chi connectivity index (χ1n) is 7.22. The van der Waals surface area contributed by atoms with E-state index >= 15 is 0 Å². The summed E-state index contributed by atoms with van der Waals surface area (Å²) in [6.07, 6.45) is 2.73. The first kappa shape index (κ1) is 16.7. The molecule has 116 valence electrons. The van der Waals surface area contributed by atoms with Gasteiger partial charge in [-0.2, -0.15) is 0 Å². The minimum atomic E-state index is -0.465. The Labute approximate surface area is 135 Å². The molecule has 0 aliphatic carbocycles. The molecule has 0 unspecified atom stereocenters. The molecule has 0 spiro atoms. The van der Waals surface area contributed by atoms with Gasteiger partial charge in [0.1, 0.15) is 0 Å². The summed E-state index contributed by atoms with van der Waals surface area (Å²) < 4.78 is 7.02. The molecule has 0 saturated carbocycles.